The van der Waals surface area contributed by atoms with Crippen LogP contribution in [-0.4, -0.2) is 53.5 Å². The lowest BCUT2D eigenvalue weighted by atomic mass is 10.0. The van der Waals surface area contributed by atoms with Crippen LogP contribution in [-0.2, 0) is 4.79 Å². The van der Waals surface area contributed by atoms with Crippen LogP contribution >= 0.6 is 0 Å². The molecule has 3 rings (SSSR count). The third kappa shape index (κ3) is 3.50. The van der Waals surface area contributed by atoms with Gasteiger partial charge in [0, 0.05) is 32.6 Å². The SMILES string of the molecule is COc1ccc([C@H]2CN(C(=O)c3cc(C)on3)CCN2C(C)=O)cc1. The number of hydrogen-bond acceptors (Lipinski definition) is 5. The number of carbonyl (C=O) groups excluding carboxylic acids is 2. The number of hydrogen-bond donors (Lipinski definition) is 0. The van der Waals surface area contributed by atoms with Crippen molar-refractivity contribution in [2.75, 3.05) is 26.7 Å². The second-order valence-corrected chi connectivity index (χ2v) is 6.08. The van der Waals surface area contributed by atoms with Crippen LogP contribution in [0, 0.1) is 6.92 Å². The van der Waals surface area contributed by atoms with Crippen molar-refractivity contribution in [1.82, 2.24) is 15.0 Å². The molecule has 1 aromatic heterocycles. The molecule has 1 fully saturated rings. The second-order valence-electron chi connectivity index (χ2n) is 6.08. The van der Waals surface area contributed by atoms with E-state index in [1.54, 1.807) is 36.8 Å². The Balaban J connectivity index is 1.84. The lowest BCUT2D eigenvalue weighted by molar-refractivity contribution is -0.133. The molecule has 2 heterocycles. The molecule has 0 N–H and O–H groups in total. The summed E-state index contributed by atoms with van der Waals surface area (Å²) in [5.74, 6) is 1.15. The molecule has 0 aliphatic carbocycles. The van der Waals surface area contributed by atoms with E-state index in [-0.39, 0.29) is 17.9 Å². The maximum atomic E-state index is 12.6. The predicted molar refractivity (Wildman–Crippen MR) is 90.3 cm³/mol. The monoisotopic (exact) mass is 343 g/mol. The summed E-state index contributed by atoms with van der Waals surface area (Å²) in [5.41, 5.74) is 1.26. The van der Waals surface area contributed by atoms with Crippen LogP contribution in [0.2, 0.25) is 0 Å². The van der Waals surface area contributed by atoms with Crippen molar-refractivity contribution in [2.24, 2.45) is 0 Å². The van der Waals surface area contributed by atoms with Crippen LogP contribution in [0.25, 0.3) is 0 Å². The highest BCUT2D eigenvalue weighted by atomic mass is 16.5. The molecule has 1 saturated heterocycles. The van der Waals surface area contributed by atoms with E-state index in [9.17, 15) is 9.59 Å². The number of aryl methyl sites for hydroxylation is 1. The molecular formula is C18H21N3O4. The summed E-state index contributed by atoms with van der Waals surface area (Å²) in [4.78, 5) is 28.2. The third-order valence-corrected chi connectivity index (χ3v) is 4.42. The molecule has 2 amide bonds. The van der Waals surface area contributed by atoms with E-state index in [4.69, 9.17) is 9.26 Å². The number of amides is 2. The van der Waals surface area contributed by atoms with E-state index in [0.29, 0.717) is 31.1 Å². The summed E-state index contributed by atoms with van der Waals surface area (Å²) in [5, 5.41) is 3.80. The van der Waals surface area contributed by atoms with Crippen molar-refractivity contribution in [3.8, 4) is 5.75 Å². The van der Waals surface area contributed by atoms with E-state index in [1.807, 2.05) is 24.3 Å². The van der Waals surface area contributed by atoms with Gasteiger partial charge in [-0.15, -0.1) is 0 Å². The minimum atomic E-state index is -0.200. The number of methoxy groups -OCH3 is 1. The van der Waals surface area contributed by atoms with E-state index < -0.39 is 0 Å². The van der Waals surface area contributed by atoms with Crippen molar-refractivity contribution in [3.63, 3.8) is 0 Å². The zero-order valence-corrected chi connectivity index (χ0v) is 14.6. The van der Waals surface area contributed by atoms with E-state index >= 15 is 0 Å². The lowest BCUT2D eigenvalue weighted by Gasteiger charge is -2.41. The molecule has 0 unspecified atom stereocenters. The number of aromatic nitrogens is 1. The fourth-order valence-electron chi connectivity index (χ4n) is 3.08. The van der Waals surface area contributed by atoms with Crippen LogP contribution in [0.4, 0.5) is 0 Å². The number of nitrogens with zero attached hydrogens (tertiary/aromatic N) is 3. The minimum absolute atomic E-state index is 0.00908. The predicted octanol–water partition coefficient (Wildman–Crippen LogP) is 2.04. The van der Waals surface area contributed by atoms with Crippen LogP contribution < -0.4 is 4.74 Å². The Kier molecular flexibility index (Phi) is 4.74. The van der Waals surface area contributed by atoms with E-state index in [0.717, 1.165) is 11.3 Å². The summed E-state index contributed by atoms with van der Waals surface area (Å²) in [6, 6.07) is 8.99. The maximum Gasteiger partial charge on any atom is 0.276 e. The molecule has 0 saturated carbocycles. The highest BCUT2D eigenvalue weighted by molar-refractivity contribution is 5.92. The van der Waals surface area contributed by atoms with Gasteiger partial charge in [0.2, 0.25) is 5.91 Å². The third-order valence-electron chi connectivity index (χ3n) is 4.42. The average Bonchev–Trinajstić information content (AvgIpc) is 3.07. The highest BCUT2D eigenvalue weighted by Gasteiger charge is 2.33. The molecule has 1 aromatic carbocycles. The van der Waals surface area contributed by atoms with Crippen molar-refractivity contribution >= 4 is 11.8 Å². The van der Waals surface area contributed by atoms with Crippen LogP contribution in [0.5, 0.6) is 5.75 Å². The molecule has 0 bridgehead atoms. The molecule has 2 aromatic rings. The Hall–Kier alpha value is -2.83. The summed E-state index contributed by atoms with van der Waals surface area (Å²) >= 11 is 0. The smallest absolute Gasteiger partial charge is 0.276 e. The van der Waals surface area contributed by atoms with Gasteiger partial charge in [0.15, 0.2) is 5.69 Å². The molecule has 7 heteroatoms. The van der Waals surface area contributed by atoms with Crippen LogP contribution in [0.15, 0.2) is 34.9 Å². The molecule has 1 aliphatic heterocycles. The fourth-order valence-corrected chi connectivity index (χ4v) is 3.08. The average molecular weight is 343 g/mol. The fraction of sp³-hybridized carbons (Fsp3) is 0.389. The second kappa shape index (κ2) is 6.96. The number of piperazine rings is 1. The van der Waals surface area contributed by atoms with Gasteiger partial charge in [-0.25, -0.2) is 0 Å². The first-order chi connectivity index (χ1) is 12.0. The van der Waals surface area contributed by atoms with Gasteiger partial charge >= 0.3 is 0 Å². The van der Waals surface area contributed by atoms with Crippen molar-refractivity contribution in [1.29, 1.82) is 0 Å². The standard InChI is InChI=1S/C18H21N3O4/c1-12-10-16(19-25-12)18(23)20-8-9-21(13(2)22)17(11-20)14-4-6-15(24-3)7-5-14/h4-7,10,17H,8-9,11H2,1-3H3/t17-/m1/s1. The largest absolute Gasteiger partial charge is 0.497 e. The quantitative estimate of drug-likeness (QED) is 0.852. The summed E-state index contributed by atoms with van der Waals surface area (Å²) in [6.45, 7) is 4.66. The van der Waals surface area contributed by atoms with Crippen molar-refractivity contribution < 1.29 is 18.8 Å². The van der Waals surface area contributed by atoms with Gasteiger partial charge in [0.1, 0.15) is 11.5 Å². The number of ether oxygens (including phenoxy) is 1. The Bertz CT molecular complexity index is 769. The number of rotatable bonds is 3. The van der Waals surface area contributed by atoms with E-state index in [2.05, 4.69) is 5.16 Å². The topological polar surface area (TPSA) is 75.9 Å². The van der Waals surface area contributed by atoms with Gasteiger partial charge in [0.25, 0.3) is 5.91 Å². The number of benzene rings is 1. The molecule has 7 nitrogen and oxygen atoms in total. The van der Waals surface area contributed by atoms with Crippen LogP contribution in [0.1, 0.15) is 34.8 Å². The maximum absolute atomic E-state index is 12.6. The van der Waals surface area contributed by atoms with Gasteiger partial charge in [-0.3, -0.25) is 9.59 Å². The Morgan fingerprint density at radius 1 is 1.24 bits per heavy atom. The lowest BCUT2D eigenvalue weighted by Crippen LogP contribution is -2.51. The number of carbonyl (C=O) groups is 2. The summed E-state index contributed by atoms with van der Waals surface area (Å²) in [6.07, 6.45) is 0. The molecule has 1 atom stereocenters. The van der Waals surface area contributed by atoms with Gasteiger partial charge in [-0.2, -0.15) is 0 Å². The van der Waals surface area contributed by atoms with Gasteiger partial charge in [-0.05, 0) is 24.6 Å². The summed E-state index contributed by atoms with van der Waals surface area (Å²) in [7, 11) is 1.61. The first-order valence-corrected chi connectivity index (χ1v) is 8.13. The molecule has 132 valence electrons. The zero-order valence-electron chi connectivity index (χ0n) is 14.6. The Morgan fingerprint density at radius 3 is 2.52 bits per heavy atom. The Labute approximate surface area is 146 Å². The van der Waals surface area contributed by atoms with Crippen molar-refractivity contribution in [2.45, 2.75) is 19.9 Å². The minimum Gasteiger partial charge on any atom is -0.497 e. The zero-order chi connectivity index (χ0) is 18.0. The molecule has 0 radical (unpaired) electrons. The van der Waals surface area contributed by atoms with Crippen molar-refractivity contribution in [3.05, 3.63) is 47.3 Å². The first-order valence-electron chi connectivity index (χ1n) is 8.13. The van der Waals surface area contributed by atoms with Gasteiger partial charge < -0.3 is 19.1 Å². The Morgan fingerprint density at radius 2 is 1.96 bits per heavy atom. The van der Waals surface area contributed by atoms with Gasteiger partial charge in [0.05, 0.1) is 13.2 Å². The first kappa shape index (κ1) is 17.0. The summed E-state index contributed by atoms with van der Waals surface area (Å²) < 4.78 is 10.2. The van der Waals surface area contributed by atoms with Crippen LogP contribution in [0.3, 0.4) is 0 Å². The van der Waals surface area contributed by atoms with Gasteiger partial charge in [-0.1, -0.05) is 17.3 Å². The molecule has 25 heavy (non-hydrogen) atoms. The normalized spacial score (nSPS) is 17.5. The molecular weight excluding hydrogens is 322 g/mol. The van der Waals surface area contributed by atoms with E-state index in [1.165, 1.54) is 0 Å². The molecule has 1 aliphatic rings. The highest BCUT2D eigenvalue weighted by Crippen LogP contribution is 2.28. The molecule has 0 spiro atoms.